The molecule has 32 heavy (non-hydrogen) atoms. The van der Waals surface area contributed by atoms with Gasteiger partial charge < -0.3 is 19.7 Å². The van der Waals surface area contributed by atoms with Crippen molar-refractivity contribution in [3.05, 3.63) is 45.8 Å². The number of carbonyl (C=O) groups excluding carboxylic acids is 3. The highest BCUT2D eigenvalue weighted by Gasteiger charge is 2.28. The Labute approximate surface area is 192 Å². The zero-order chi connectivity index (χ0) is 23.4. The van der Waals surface area contributed by atoms with Gasteiger partial charge in [0.25, 0.3) is 0 Å². The molecule has 1 atom stereocenters. The minimum atomic E-state index is -0.607. The number of nitrogens with zero attached hydrogens (tertiary/aromatic N) is 2. The fraction of sp³-hybridized carbons (Fsp3) is 0.435. The van der Waals surface area contributed by atoms with E-state index in [0.29, 0.717) is 10.6 Å². The second-order valence-corrected chi connectivity index (χ2v) is 8.93. The number of hydrogen-bond acceptors (Lipinski definition) is 8. The predicted octanol–water partition coefficient (Wildman–Crippen LogP) is 3.09. The van der Waals surface area contributed by atoms with Crippen LogP contribution in [0.25, 0.3) is 0 Å². The Bertz CT molecular complexity index is 1000. The van der Waals surface area contributed by atoms with Crippen molar-refractivity contribution in [1.82, 2.24) is 4.90 Å². The minimum absolute atomic E-state index is 0.184. The Morgan fingerprint density at radius 3 is 2.31 bits per heavy atom. The molecule has 0 bridgehead atoms. The van der Waals surface area contributed by atoms with Crippen LogP contribution in [0.15, 0.2) is 24.3 Å². The number of benzene rings is 1. The Morgan fingerprint density at radius 2 is 1.72 bits per heavy atom. The van der Waals surface area contributed by atoms with Gasteiger partial charge in [-0.2, -0.15) is 0 Å². The molecule has 2 aromatic rings. The smallest absolute Gasteiger partial charge is 0.348 e. The molecule has 2 heterocycles. The minimum Gasteiger partial charge on any atom is -0.465 e. The highest BCUT2D eigenvalue weighted by molar-refractivity contribution is 7.18. The van der Waals surface area contributed by atoms with E-state index in [9.17, 15) is 14.4 Å². The van der Waals surface area contributed by atoms with Crippen molar-refractivity contribution in [3.63, 3.8) is 0 Å². The molecule has 1 unspecified atom stereocenters. The van der Waals surface area contributed by atoms with E-state index in [4.69, 9.17) is 9.47 Å². The van der Waals surface area contributed by atoms with Crippen LogP contribution in [-0.4, -0.2) is 69.2 Å². The number of amides is 1. The molecular formula is C23H29N3O5S. The van der Waals surface area contributed by atoms with Crippen LogP contribution in [-0.2, 0) is 14.3 Å². The van der Waals surface area contributed by atoms with E-state index in [1.54, 1.807) is 6.92 Å². The predicted molar refractivity (Wildman–Crippen MR) is 125 cm³/mol. The first kappa shape index (κ1) is 23.7. The quantitative estimate of drug-likeness (QED) is 0.664. The summed E-state index contributed by atoms with van der Waals surface area (Å²) in [6, 6.07) is 8.71. The lowest BCUT2D eigenvalue weighted by atomic mass is 10.1. The fourth-order valence-corrected chi connectivity index (χ4v) is 5.03. The van der Waals surface area contributed by atoms with Gasteiger partial charge in [-0.05, 0) is 38.5 Å². The normalized spacial score (nSPS) is 16.5. The maximum atomic E-state index is 12.8. The molecule has 1 N–H and O–H groups in total. The number of hydrogen-bond donors (Lipinski definition) is 1. The number of ether oxygens (including phenoxy) is 2. The molecule has 9 heteroatoms. The molecule has 0 spiro atoms. The van der Waals surface area contributed by atoms with E-state index in [0.717, 1.165) is 31.0 Å². The number of carbonyl (C=O) groups is 3. The highest BCUT2D eigenvalue weighted by atomic mass is 32.1. The number of nitrogens with one attached hydrogen (secondary N) is 1. The van der Waals surface area contributed by atoms with Gasteiger partial charge in [-0.3, -0.25) is 9.69 Å². The van der Waals surface area contributed by atoms with Crippen molar-refractivity contribution in [2.24, 2.45) is 0 Å². The first-order chi connectivity index (χ1) is 15.2. The van der Waals surface area contributed by atoms with Crippen LogP contribution < -0.4 is 10.2 Å². The second-order valence-electron chi connectivity index (χ2n) is 7.90. The third-order valence-electron chi connectivity index (χ3n) is 5.60. The lowest BCUT2D eigenvalue weighted by molar-refractivity contribution is -0.117. The molecule has 1 amide bonds. The van der Waals surface area contributed by atoms with E-state index in [-0.39, 0.29) is 28.9 Å². The molecule has 172 valence electrons. The summed E-state index contributed by atoms with van der Waals surface area (Å²) in [6.07, 6.45) is 0. The van der Waals surface area contributed by atoms with Crippen LogP contribution in [0.1, 0.15) is 38.1 Å². The maximum Gasteiger partial charge on any atom is 0.348 e. The number of aryl methyl sites for hydroxylation is 1. The molecule has 1 aliphatic rings. The number of piperazine rings is 1. The highest BCUT2D eigenvalue weighted by Crippen LogP contribution is 2.34. The van der Waals surface area contributed by atoms with Crippen LogP contribution in [0.5, 0.6) is 0 Å². The topological polar surface area (TPSA) is 88.2 Å². The summed E-state index contributed by atoms with van der Waals surface area (Å²) in [5.74, 6) is -1.41. The molecular weight excluding hydrogens is 430 g/mol. The Hall–Kier alpha value is -2.91. The van der Waals surface area contributed by atoms with Gasteiger partial charge in [0.15, 0.2) is 0 Å². The second kappa shape index (κ2) is 10.1. The Kier molecular flexibility index (Phi) is 7.52. The SMILES string of the molecule is COC(=O)c1sc(NC(=O)CN2CCN(c3ccc(C)cc3)C(C)C2)c(C(=O)OC)c1C. The maximum absolute atomic E-state index is 12.8. The van der Waals surface area contributed by atoms with Gasteiger partial charge in [0.05, 0.1) is 26.3 Å². The zero-order valence-electron chi connectivity index (χ0n) is 19.1. The van der Waals surface area contributed by atoms with E-state index in [1.807, 2.05) is 0 Å². The average molecular weight is 460 g/mol. The largest absolute Gasteiger partial charge is 0.465 e. The molecule has 3 rings (SSSR count). The molecule has 0 saturated carbocycles. The van der Waals surface area contributed by atoms with E-state index in [1.165, 1.54) is 25.5 Å². The molecule has 8 nitrogen and oxygen atoms in total. The Balaban J connectivity index is 1.67. The third-order valence-corrected chi connectivity index (χ3v) is 6.79. The standard InChI is InChI=1S/C23H29N3O5S/c1-14-6-8-17(9-7-14)26-11-10-25(12-15(26)2)13-18(27)24-21-19(22(28)30-4)16(3)20(32-21)23(29)31-5/h6-9,15H,10-13H2,1-5H3,(H,24,27). The van der Waals surface area contributed by atoms with Gasteiger partial charge in [-0.15, -0.1) is 11.3 Å². The number of rotatable bonds is 6. The Morgan fingerprint density at radius 1 is 1.06 bits per heavy atom. The van der Waals surface area contributed by atoms with Crippen molar-refractivity contribution >= 4 is 39.9 Å². The van der Waals surface area contributed by atoms with Crippen molar-refractivity contribution in [1.29, 1.82) is 0 Å². The zero-order valence-corrected chi connectivity index (χ0v) is 19.9. The van der Waals surface area contributed by atoms with Crippen LogP contribution in [0.4, 0.5) is 10.7 Å². The summed E-state index contributed by atoms with van der Waals surface area (Å²) in [4.78, 5) is 41.7. The van der Waals surface area contributed by atoms with E-state index >= 15 is 0 Å². The summed E-state index contributed by atoms with van der Waals surface area (Å²) < 4.78 is 9.62. The van der Waals surface area contributed by atoms with Crippen LogP contribution in [0.2, 0.25) is 0 Å². The lowest BCUT2D eigenvalue weighted by Gasteiger charge is -2.41. The number of esters is 2. The van der Waals surface area contributed by atoms with Gasteiger partial charge in [0.1, 0.15) is 9.88 Å². The van der Waals surface area contributed by atoms with E-state index < -0.39 is 11.9 Å². The van der Waals surface area contributed by atoms with Crippen molar-refractivity contribution in [2.75, 3.05) is 50.6 Å². The van der Waals surface area contributed by atoms with Crippen molar-refractivity contribution in [2.45, 2.75) is 26.8 Å². The summed E-state index contributed by atoms with van der Waals surface area (Å²) >= 11 is 1.02. The first-order valence-electron chi connectivity index (χ1n) is 10.4. The van der Waals surface area contributed by atoms with Gasteiger partial charge >= 0.3 is 11.9 Å². The molecule has 1 aromatic heterocycles. The molecule has 1 aromatic carbocycles. The average Bonchev–Trinajstić information content (AvgIpc) is 3.09. The summed E-state index contributed by atoms with van der Waals surface area (Å²) in [6.45, 7) is 8.33. The van der Waals surface area contributed by atoms with E-state index in [2.05, 4.69) is 53.2 Å². The van der Waals surface area contributed by atoms with Crippen molar-refractivity contribution < 1.29 is 23.9 Å². The van der Waals surface area contributed by atoms with Gasteiger partial charge in [0.2, 0.25) is 5.91 Å². The van der Waals surface area contributed by atoms with Gasteiger partial charge in [-0.25, -0.2) is 9.59 Å². The van der Waals surface area contributed by atoms with Gasteiger partial charge in [-0.1, -0.05) is 17.7 Å². The molecule has 1 fully saturated rings. The van der Waals surface area contributed by atoms with Crippen LogP contribution >= 0.6 is 11.3 Å². The summed E-state index contributed by atoms with van der Waals surface area (Å²) in [5.41, 5.74) is 3.02. The molecule has 0 aliphatic carbocycles. The summed E-state index contributed by atoms with van der Waals surface area (Å²) in [7, 11) is 2.53. The number of methoxy groups -OCH3 is 2. The first-order valence-corrected chi connectivity index (χ1v) is 11.2. The number of anilines is 2. The lowest BCUT2D eigenvalue weighted by Crippen LogP contribution is -2.53. The number of thiophene rings is 1. The monoisotopic (exact) mass is 459 g/mol. The molecule has 1 saturated heterocycles. The van der Waals surface area contributed by atoms with Gasteiger partial charge in [0, 0.05) is 31.4 Å². The van der Waals surface area contributed by atoms with Crippen LogP contribution in [0.3, 0.4) is 0 Å². The molecule has 1 aliphatic heterocycles. The van der Waals surface area contributed by atoms with Crippen LogP contribution in [0, 0.1) is 13.8 Å². The van der Waals surface area contributed by atoms with Crippen molar-refractivity contribution in [3.8, 4) is 0 Å². The molecule has 0 radical (unpaired) electrons. The third kappa shape index (κ3) is 5.11. The summed E-state index contributed by atoms with van der Waals surface area (Å²) in [5, 5.41) is 3.09. The fourth-order valence-electron chi connectivity index (χ4n) is 3.90.